The molecule has 0 aliphatic carbocycles. The molecule has 0 fully saturated rings. The molecule has 0 heterocycles. The molecule has 0 aliphatic rings. The van der Waals surface area contributed by atoms with E-state index in [1.165, 1.54) is 0 Å². The van der Waals surface area contributed by atoms with Crippen LogP contribution < -0.4 is 0 Å². The third-order valence-corrected chi connectivity index (χ3v) is 4.51. The summed E-state index contributed by atoms with van der Waals surface area (Å²) >= 11 is 5.73. The minimum absolute atomic E-state index is 0.00505. The molecule has 0 amide bonds. The van der Waals surface area contributed by atoms with Crippen LogP contribution in [0.25, 0.3) is 0 Å². The maximum Gasteiger partial charge on any atom is 0.416 e. The first-order chi connectivity index (χ1) is 11.4. The Balaban J connectivity index is 2.73. The van der Waals surface area contributed by atoms with Crippen LogP contribution in [-0.2, 0) is 22.7 Å². The number of nitro groups is 1. The summed E-state index contributed by atoms with van der Waals surface area (Å²) in [5, 5.41) is 11.1. The van der Waals surface area contributed by atoms with E-state index >= 15 is 0 Å². The molecule has 0 saturated carbocycles. The second kappa shape index (κ2) is 6.62. The van der Waals surface area contributed by atoms with Crippen molar-refractivity contribution in [2.45, 2.75) is 17.5 Å². The number of rotatable bonds is 4. The Kier molecular flexibility index (Phi) is 5.07. The van der Waals surface area contributed by atoms with Crippen molar-refractivity contribution in [1.29, 1.82) is 0 Å². The maximum atomic E-state index is 13.2. The Morgan fingerprint density at radius 2 is 1.84 bits per heavy atom. The zero-order chi connectivity index (χ0) is 19.0. The Hall–Kier alpha value is -2.17. The van der Waals surface area contributed by atoms with Crippen LogP contribution in [0.3, 0.4) is 0 Å². The fourth-order valence-electron chi connectivity index (χ4n) is 2.33. The summed E-state index contributed by atoms with van der Waals surface area (Å²) in [6.45, 7) is 0. The summed E-state index contributed by atoms with van der Waals surface area (Å²) in [6, 6.07) is 5.48. The van der Waals surface area contributed by atoms with Crippen LogP contribution in [0, 0.1) is 10.1 Å². The van der Waals surface area contributed by atoms with Gasteiger partial charge in [0.05, 0.1) is 15.4 Å². The molecule has 6 nitrogen and oxygen atoms in total. The number of hydrogen-bond donors (Lipinski definition) is 1. The van der Waals surface area contributed by atoms with Crippen molar-refractivity contribution in [2.24, 2.45) is 0 Å². The quantitative estimate of drug-likeness (QED) is 0.477. The highest BCUT2D eigenvalue weighted by Crippen LogP contribution is 2.38. The highest BCUT2D eigenvalue weighted by molar-refractivity contribution is 7.85. The van der Waals surface area contributed by atoms with Gasteiger partial charge < -0.3 is 0 Å². The lowest BCUT2D eigenvalue weighted by atomic mass is 9.97. The smallest absolute Gasteiger partial charge is 0.282 e. The number of alkyl halides is 3. The topological polar surface area (TPSA) is 97.5 Å². The van der Waals surface area contributed by atoms with E-state index in [2.05, 4.69) is 0 Å². The monoisotopic (exact) mass is 395 g/mol. The van der Waals surface area contributed by atoms with Crippen LogP contribution in [0.4, 0.5) is 18.9 Å². The van der Waals surface area contributed by atoms with Gasteiger partial charge in [-0.3, -0.25) is 14.7 Å². The minimum atomic E-state index is -4.89. The van der Waals surface area contributed by atoms with Gasteiger partial charge in [-0.15, -0.1) is 0 Å². The van der Waals surface area contributed by atoms with Crippen molar-refractivity contribution in [3.63, 3.8) is 0 Å². The molecule has 2 aromatic rings. The van der Waals surface area contributed by atoms with Gasteiger partial charge in [0.15, 0.2) is 0 Å². The van der Waals surface area contributed by atoms with E-state index in [4.69, 9.17) is 11.6 Å². The van der Waals surface area contributed by atoms with Crippen LogP contribution in [0.2, 0.25) is 5.02 Å². The van der Waals surface area contributed by atoms with Crippen molar-refractivity contribution in [3.05, 3.63) is 68.2 Å². The van der Waals surface area contributed by atoms with Gasteiger partial charge in [-0.05, 0) is 29.8 Å². The van der Waals surface area contributed by atoms with Crippen molar-refractivity contribution >= 4 is 27.4 Å². The van der Waals surface area contributed by atoms with Crippen LogP contribution in [0.15, 0.2) is 41.3 Å². The van der Waals surface area contributed by atoms with Crippen molar-refractivity contribution < 1.29 is 31.1 Å². The molecule has 11 heteroatoms. The van der Waals surface area contributed by atoms with E-state index in [0.29, 0.717) is 6.07 Å². The van der Waals surface area contributed by atoms with E-state index < -0.39 is 49.3 Å². The zero-order valence-corrected chi connectivity index (χ0v) is 13.7. The van der Waals surface area contributed by atoms with Gasteiger partial charge in [0.25, 0.3) is 15.8 Å². The molecule has 0 unspecified atom stereocenters. The molecule has 0 spiro atoms. The SMILES string of the molecule is O=[N+]([O-])c1cccc(C(F)(F)F)c1Cc1cc(Cl)ccc1S(=O)(=O)O. The number of nitro benzene ring substituents is 1. The van der Waals surface area contributed by atoms with Gasteiger partial charge in [-0.25, -0.2) is 0 Å². The molecule has 25 heavy (non-hydrogen) atoms. The Morgan fingerprint density at radius 3 is 2.36 bits per heavy atom. The predicted octanol–water partition coefficient (Wildman–Crippen LogP) is 4.10. The standard InChI is InChI=1S/C14H9ClF3NO5S/c15-9-4-5-13(25(22,23)24)8(6-9)7-10-11(14(16,17)18)2-1-3-12(10)19(20)21/h1-6H,7H2,(H,22,23,24). The van der Waals surface area contributed by atoms with E-state index in [-0.39, 0.29) is 10.6 Å². The van der Waals surface area contributed by atoms with Gasteiger partial charge >= 0.3 is 6.18 Å². The van der Waals surface area contributed by atoms with Crippen molar-refractivity contribution in [3.8, 4) is 0 Å². The fraction of sp³-hybridized carbons (Fsp3) is 0.143. The normalized spacial score (nSPS) is 12.2. The molecule has 2 aromatic carbocycles. The van der Waals surface area contributed by atoms with Gasteiger partial charge in [0.2, 0.25) is 0 Å². The number of halogens is 4. The molecule has 0 saturated heterocycles. The van der Waals surface area contributed by atoms with Gasteiger partial charge in [0, 0.05) is 23.1 Å². The first kappa shape index (κ1) is 19.2. The first-order valence-corrected chi connectivity index (χ1v) is 8.32. The Labute approximate surface area is 144 Å². The second-order valence-electron chi connectivity index (χ2n) is 4.96. The van der Waals surface area contributed by atoms with Crippen molar-refractivity contribution in [1.82, 2.24) is 0 Å². The average Bonchev–Trinajstić information content (AvgIpc) is 2.44. The predicted molar refractivity (Wildman–Crippen MR) is 82.2 cm³/mol. The van der Waals surface area contributed by atoms with Gasteiger partial charge in [0.1, 0.15) is 0 Å². The third kappa shape index (κ3) is 4.27. The molecular weight excluding hydrogens is 387 g/mol. The van der Waals surface area contributed by atoms with E-state index in [9.17, 15) is 36.3 Å². The van der Waals surface area contributed by atoms with E-state index in [1.54, 1.807) is 0 Å². The molecule has 1 N–H and O–H groups in total. The second-order valence-corrected chi connectivity index (χ2v) is 6.79. The lowest BCUT2D eigenvalue weighted by molar-refractivity contribution is -0.385. The van der Waals surface area contributed by atoms with Crippen LogP contribution in [0.5, 0.6) is 0 Å². The summed E-state index contributed by atoms with van der Waals surface area (Å²) in [7, 11) is -4.76. The van der Waals surface area contributed by atoms with E-state index in [0.717, 1.165) is 30.3 Å². The maximum absolute atomic E-state index is 13.2. The Bertz CT molecular complexity index is 944. The molecule has 0 bridgehead atoms. The van der Waals surface area contributed by atoms with Crippen LogP contribution in [-0.4, -0.2) is 17.9 Å². The first-order valence-electron chi connectivity index (χ1n) is 6.50. The summed E-state index contributed by atoms with van der Waals surface area (Å²) < 4.78 is 71.6. The lowest BCUT2D eigenvalue weighted by Crippen LogP contribution is -2.13. The minimum Gasteiger partial charge on any atom is -0.282 e. The van der Waals surface area contributed by atoms with Crippen LogP contribution in [0.1, 0.15) is 16.7 Å². The van der Waals surface area contributed by atoms with Crippen molar-refractivity contribution in [2.75, 3.05) is 0 Å². The number of hydrogen-bond acceptors (Lipinski definition) is 4. The van der Waals surface area contributed by atoms with E-state index in [1.807, 2.05) is 0 Å². The molecular formula is C14H9ClF3NO5S. The molecule has 0 radical (unpaired) electrons. The zero-order valence-electron chi connectivity index (χ0n) is 12.1. The summed E-state index contributed by atoms with van der Waals surface area (Å²) in [6.07, 6.45) is -5.65. The third-order valence-electron chi connectivity index (χ3n) is 3.32. The highest BCUT2D eigenvalue weighted by Gasteiger charge is 2.37. The number of nitrogens with zero attached hydrogens (tertiary/aromatic N) is 1. The van der Waals surface area contributed by atoms with Gasteiger partial charge in [-0.2, -0.15) is 21.6 Å². The molecule has 0 aliphatic heterocycles. The number of benzene rings is 2. The average molecular weight is 396 g/mol. The fourth-order valence-corrected chi connectivity index (χ4v) is 3.22. The summed E-state index contributed by atoms with van der Waals surface area (Å²) in [4.78, 5) is 9.41. The van der Waals surface area contributed by atoms with Gasteiger partial charge in [-0.1, -0.05) is 17.7 Å². The Morgan fingerprint density at radius 1 is 1.20 bits per heavy atom. The highest BCUT2D eigenvalue weighted by atomic mass is 35.5. The lowest BCUT2D eigenvalue weighted by Gasteiger charge is -2.14. The summed E-state index contributed by atoms with van der Waals surface area (Å²) in [5.74, 6) is 0. The molecule has 0 atom stereocenters. The molecule has 134 valence electrons. The summed E-state index contributed by atoms with van der Waals surface area (Å²) in [5.41, 5.74) is -3.12. The molecule has 0 aromatic heterocycles. The molecule has 2 rings (SSSR count). The largest absolute Gasteiger partial charge is 0.416 e. The van der Waals surface area contributed by atoms with Crippen LogP contribution >= 0.6 is 11.6 Å².